The van der Waals surface area contributed by atoms with Crippen LogP contribution in [0.4, 0.5) is 5.13 Å². The molecule has 1 amide bonds. The quantitative estimate of drug-likeness (QED) is 0.489. The van der Waals surface area contributed by atoms with Crippen LogP contribution in [0.25, 0.3) is 17.3 Å². The number of nitrogens with zero attached hydrogens (tertiary/aromatic N) is 1. The number of hydrogen-bond acceptors (Lipinski definition) is 5. The lowest BCUT2D eigenvalue weighted by Gasteiger charge is -2.09. The number of carbonyl (C=O) groups excluding carboxylic acids is 1. The summed E-state index contributed by atoms with van der Waals surface area (Å²) in [7, 11) is 1.59. The summed E-state index contributed by atoms with van der Waals surface area (Å²) in [6.07, 6.45) is 3.22. The second-order valence-electron chi connectivity index (χ2n) is 6.89. The van der Waals surface area contributed by atoms with Gasteiger partial charge in [-0.2, -0.15) is 0 Å². The van der Waals surface area contributed by atoms with Crippen LogP contribution in [0.2, 0.25) is 0 Å². The van der Waals surface area contributed by atoms with E-state index in [4.69, 9.17) is 9.47 Å². The van der Waals surface area contributed by atoms with Crippen LogP contribution in [-0.4, -0.2) is 24.6 Å². The average molecular weight is 423 g/mol. The molecule has 0 spiro atoms. The summed E-state index contributed by atoms with van der Waals surface area (Å²) in [4.78, 5) is 18.1. The van der Waals surface area contributed by atoms with E-state index >= 15 is 0 Å². The van der Waals surface area contributed by atoms with E-state index < -0.39 is 0 Å². The fraction of sp³-hybridized carbons (Fsp3) is 0.250. The lowest BCUT2D eigenvalue weighted by molar-refractivity contribution is -0.111. The van der Waals surface area contributed by atoms with Crippen molar-refractivity contribution in [2.45, 2.75) is 27.7 Å². The molecule has 0 aliphatic carbocycles. The third-order valence-electron chi connectivity index (χ3n) is 4.72. The van der Waals surface area contributed by atoms with E-state index in [0.717, 1.165) is 21.7 Å². The van der Waals surface area contributed by atoms with Gasteiger partial charge in [0, 0.05) is 16.5 Å². The molecule has 30 heavy (non-hydrogen) atoms. The number of methoxy groups -OCH3 is 1. The number of aromatic nitrogens is 1. The van der Waals surface area contributed by atoms with Crippen molar-refractivity contribution in [2.75, 3.05) is 19.0 Å². The van der Waals surface area contributed by atoms with Crippen molar-refractivity contribution in [3.63, 3.8) is 0 Å². The van der Waals surface area contributed by atoms with Crippen LogP contribution < -0.4 is 14.8 Å². The van der Waals surface area contributed by atoms with Crippen LogP contribution in [0.3, 0.4) is 0 Å². The first-order valence-corrected chi connectivity index (χ1v) is 10.6. The standard InChI is InChI=1S/C24H26N2O3S/c1-6-29-20-11-8-18(14-21(20)28-5)9-12-22(27)25-24-26-23(17(4)30-24)19-10-7-15(2)16(3)13-19/h7-14H,6H2,1-5H3,(H,25,26,27)/b12-9+. The van der Waals surface area contributed by atoms with E-state index in [0.29, 0.717) is 23.2 Å². The number of amides is 1. The van der Waals surface area contributed by atoms with Crippen LogP contribution in [-0.2, 0) is 4.79 Å². The molecule has 156 valence electrons. The van der Waals surface area contributed by atoms with Crippen molar-refractivity contribution in [3.05, 3.63) is 64.0 Å². The molecule has 0 saturated heterocycles. The van der Waals surface area contributed by atoms with Crippen molar-refractivity contribution in [2.24, 2.45) is 0 Å². The van der Waals surface area contributed by atoms with Crippen molar-refractivity contribution < 1.29 is 14.3 Å². The van der Waals surface area contributed by atoms with E-state index in [1.54, 1.807) is 13.2 Å². The molecule has 5 nitrogen and oxygen atoms in total. The topological polar surface area (TPSA) is 60.5 Å². The van der Waals surface area contributed by atoms with Crippen molar-refractivity contribution in [1.82, 2.24) is 4.98 Å². The van der Waals surface area contributed by atoms with Crippen molar-refractivity contribution >= 4 is 28.5 Å². The van der Waals surface area contributed by atoms with Gasteiger partial charge in [0.15, 0.2) is 16.6 Å². The highest BCUT2D eigenvalue weighted by molar-refractivity contribution is 7.16. The molecule has 3 aromatic rings. The minimum Gasteiger partial charge on any atom is -0.493 e. The molecular formula is C24H26N2O3S. The van der Waals surface area contributed by atoms with Gasteiger partial charge in [-0.1, -0.05) is 18.2 Å². The Labute approximate surface area is 181 Å². The fourth-order valence-corrected chi connectivity index (χ4v) is 3.83. The van der Waals surface area contributed by atoms with E-state index in [1.165, 1.54) is 28.5 Å². The highest BCUT2D eigenvalue weighted by Crippen LogP contribution is 2.31. The number of rotatable bonds is 7. The summed E-state index contributed by atoms with van der Waals surface area (Å²) < 4.78 is 10.9. The predicted octanol–water partition coefficient (Wildman–Crippen LogP) is 5.79. The third-order valence-corrected chi connectivity index (χ3v) is 5.61. The summed E-state index contributed by atoms with van der Waals surface area (Å²) in [5.74, 6) is 1.08. The highest BCUT2D eigenvalue weighted by Gasteiger charge is 2.12. The predicted molar refractivity (Wildman–Crippen MR) is 124 cm³/mol. The Bertz CT molecular complexity index is 1090. The van der Waals surface area contributed by atoms with Gasteiger partial charge >= 0.3 is 0 Å². The molecule has 0 fully saturated rings. The number of anilines is 1. The Morgan fingerprint density at radius 1 is 1.10 bits per heavy atom. The second-order valence-corrected chi connectivity index (χ2v) is 8.09. The van der Waals surface area contributed by atoms with Crippen LogP contribution in [0.1, 0.15) is 28.5 Å². The number of aryl methyl sites for hydroxylation is 3. The fourth-order valence-electron chi connectivity index (χ4n) is 2.99. The molecular weight excluding hydrogens is 396 g/mol. The summed E-state index contributed by atoms with van der Waals surface area (Å²) >= 11 is 1.47. The van der Waals surface area contributed by atoms with Gasteiger partial charge in [-0.05, 0) is 68.7 Å². The van der Waals surface area contributed by atoms with E-state index in [1.807, 2.05) is 32.0 Å². The number of thiazole rings is 1. The first-order chi connectivity index (χ1) is 14.4. The molecule has 0 unspecified atom stereocenters. The Balaban J connectivity index is 1.71. The number of benzene rings is 2. The summed E-state index contributed by atoms with van der Waals surface area (Å²) in [5.41, 5.74) is 5.27. The highest BCUT2D eigenvalue weighted by atomic mass is 32.1. The first-order valence-electron chi connectivity index (χ1n) is 9.76. The molecule has 0 aliphatic rings. The lowest BCUT2D eigenvalue weighted by atomic mass is 10.0. The Morgan fingerprint density at radius 2 is 1.90 bits per heavy atom. The van der Waals surface area contributed by atoms with Crippen LogP contribution in [0, 0.1) is 20.8 Å². The smallest absolute Gasteiger partial charge is 0.250 e. The van der Waals surface area contributed by atoms with Gasteiger partial charge in [0.1, 0.15) is 0 Å². The second kappa shape index (κ2) is 9.59. The van der Waals surface area contributed by atoms with Crippen LogP contribution in [0.5, 0.6) is 11.5 Å². The van der Waals surface area contributed by atoms with E-state index in [2.05, 4.69) is 42.3 Å². The molecule has 0 saturated carbocycles. The third kappa shape index (κ3) is 5.07. The van der Waals surface area contributed by atoms with E-state index in [9.17, 15) is 4.79 Å². The molecule has 1 heterocycles. The molecule has 0 aliphatic heterocycles. The largest absolute Gasteiger partial charge is 0.493 e. The van der Waals surface area contributed by atoms with Crippen LogP contribution >= 0.6 is 11.3 Å². The molecule has 0 radical (unpaired) electrons. The summed E-state index contributed by atoms with van der Waals surface area (Å²) in [5, 5.41) is 3.44. The Morgan fingerprint density at radius 3 is 2.60 bits per heavy atom. The maximum atomic E-state index is 12.4. The van der Waals surface area contributed by atoms with Crippen molar-refractivity contribution in [1.29, 1.82) is 0 Å². The SMILES string of the molecule is CCOc1ccc(/C=C/C(=O)Nc2nc(-c3ccc(C)c(C)c3)c(C)s2)cc1OC. The zero-order valence-corrected chi connectivity index (χ0v) is 18.7. The van der Waals surface area contributed by atoms with Gasteiger partial charge in [-0.15, -0.1) is 11.3 Å². The van der Waals surface area contributed by atoms with Gasteiger partial charge < -0.3 is 9.47 Å². The number of nitrogens with one attached hydrogen (secondary N) is 1. The molecule has 1 aromatic heterocycles. The zero-order valence-electron chi connectivity index (χ0n) is 17.9. The van der Waals surface area contributed by atoms with Gasteiger partial charge in [-0.25, -0.2) is 4.98 Å². The van der Waals surface area contributed by atoms with E-state index in [-0.39, 0.29) is 5.91 Å². The maximum absolute atomic E-state index is 12.4. The normalized spacial score (nSPS) is 11.0. The van der Waals surface area contributed by atoms with Gasteiger partial charge in [0.2, 0.25) is 5.91 Å². The number of carbonyl (C=O) groups is 1. The minimum atomic E-state index is -0.233. The Hall–Kier alpha value is -3.12. The number of hydrogen-bond donors (Lipinski definition) is 1. The van der Waals surface area contributed by atoms with Crippen LogP contribution in [0.15, 0.2) is 42.5 Å². The Kier molecular flexibility index (Phi) is 6.90. The van der Waals surface area contributed by atoms with Gasteiger partial charge in [-0.3, -0.25) is 10.1 Å². The average Bonchev–Trinajstić information content (AvgIpc) is 3.09. The lowest BCUT2D eigenvalue weighted by Crippen LogP contribution is -2.07. The first kappa shape index (κ1) is 21.6. The van der Waals surface area contributed by atoms with Crippen molar-refractivity contribution in [3.8, 4) is 22.8 Å². The van der Waals surface area contributed by atoms with Gasteiger partial charge in [0.25, 0.3) is 0 Å². The molecule has 0 bridgehead atoms. The monoisotopic (exact) mass is 422 g/mol. The molecule has 0 atom stereocenters. The summed E-state index contributed by atoms with van der Waals surface area (Å²) in [6.45, 7) is 8.67. The number of ether oxygens (including phenoxy) is 2. The van der Waals surface area contributed by atoms with Gasteiger partial charge in [0.05, 0.1) is 19.4 Å². The zero-order chi connectivity index (χ0) is 21.7. The molecule has 2 aromatic carbocycles. The summed E-state index contributed by atoms with van der Waals surface area (Å²) in [6, 6.07) is 11.8. The molecule has 1 N–H and O–H groups in total. The minimum absolute atomic E-state index is 0.233. The molecule has 3 rings (SSSR count). The maximum Gasteiger partial charge on any atom is 0.250 e. The molecule has 6 heteroatoms.